The van der Waals surface area contributed by atoms with Crippen molar-refractivity contribution in [3.63, 3.8) is 0 Å². The fourth-order valence-electron chi connectivity index (χ4n) is 2.24. The molecule has 1 amide bonds. The van der Waals surface area contributed by atoms with E-state index in [1.165, 1.54) is 0 Å². The van der Waals surface area contributed by atoms with Crippen molar-refractivity contribution in [1.29, 1.82) is 0 Å². The summed E-state index contributed by atoms with van der Waals surface area (Å²) in [6.07, 6.45) is 1.07. The summed E-state index contributed by atoms with van der Waals surface area (Å²) in [5.74, 6) is -1.09. The third-order valence-electron chi connectivity index (χ3n) is 3.55. The molecule has 0 unspecified atom stereocenters. The van der Waals surface area contributed by atoms with Crippen LogP contribution in [-0.2, 0) is 4.79 Å². The number of hydrogen-bond donors (Lipinski definition) is 1. The van der Waals surface area contributed by atoms with Crippen LogP contribution in [0.3, 0.4) is 0 Å². The van der Waals surface area contributed by atoms with Crippen LogP contribution >= 0.6 is 15.9 Å². The van der Waals surface area contributed by atoms with Crippen molar-refractivity contribution in [3.8, 4) is 0 Å². The van der Waals surface area contributed by atoms with Crippen molar-refractivity contribution in [1.82, 2.24) is 4.90 Å². The highest BCUT2D eigenvalue weighted by molar-refractivity contribution is 9.10. The van der Waals surface area contributed by atoms with Crippen LogP contribution in [0.1, 0.15) is 28.8 Å². The van der Waals surface area contributed by atoms with Gasteiger partial charge in [-0.3, -0.25) is 9.59 Å². The topological polar surface area (TPSA) is 57.6 Å². The Morgan fingerprint density at radius 1 is 1.32 bits per heavy atom. The Kier molecular flexibility index (Phi) is 4.24. The normalized spacial score (nSPS) is 16.4. The number of piperidine rings is 1. The maximum Gasteiger partial charge on any atom is 0.306 e. The summed E-state index contributed by atoms with van der Waals surface area (Å²) >= 11 is 3.42. The quantitative estimate of drug-likeness (QED) is 0.909. The third-order valence-corrected chi connectivity index (χ3v) is 4.40. The molecule has 4 nitrogen and oxygen atoms in total. The Morgan fingerprint density at radius 2 is 1.95 bits per heavy atom. The minimum absolute atomic E-state index is 0.0236. The summed E-state index contributed by atoms with van der Waals surface area (Å²) in [6, 6.07) is 5.54. The smallest absolute Gasteiger partial charge is 0.306 e. The molecular weight excluding hydrogens is 310 g/mol. The van der Waals surface area contributed by atoms with Crippen LogP contribution in [0.5, 0.6) is 0 Å². The van der Waals surface area contributed by atoms with Gasteiger partial charge in [-0.1, -0.05) is 22.0 Å². The summed E-state index contributed by atoms with van der Waals surface area (Å²) in [5.41, 5.74) is 1.73. The van der Waals surface area contributed by atoms with E-state index in [2.05, 4.69) is 15.9 Å². The lowest BCUT2D eigenvalue weighted by Crippen LogP contribution is -2.40. The maximum atomic E-state index is 12.3. The zero-order chi connectivity index (χ0) is 14.0. The van der Waals surface area contributed by atoms with Crippen LogP contribution in [0.15, 0.2) is 22.7 Å². The lowest BCUT2D eigenvalue weighted by Gasteiger charge is -2.30. The lowest BCUT2D eigenvalue weighted by molar-refractivity contribution is -0.143. The molecular formula is C14H16BrNO3. The number of aliphatic carboxylic acids is 1. The molecule has 1 aromatic rings. The van der Waals surface area contributed by atoms with E-state index in [1.807, 2.05) is 25.1 Å². The first-order valence-electron chi connectivity index (χ1n) is 6.27. The van der Waals surface area contributed by atoms with Crippen LogP contribution in [0, 0.1) is 12.8 Å². The van der Waals surface area contributed by atoms with E-state index in [-0.39, 0.29) is 11.8 Å². The van der Waals surface area contributed by atoms with E-state index < -0.39 is 5.97 Å². The maximum absolute atomic E-state index is 12.3. The Bertz CT molecular complexity index is 507. The molecule has 0 saturated carbocycles. The molecule has 0 bridgehead atoms. The number of halogens is 1. The number of benzene rings is 1. The molecule has 0 atom stereocenters. The zero-order valence-electron chi connectivity index (χ0n) is 10.7. The van der Waals surface area contributed by atoms with Crippen LogP contribution < -0.4 is 0 Å². The average molecular weight is 326 g/mol. The molecule has 0 radical (unpaired) electrons. The molecule has 5 heteroatoms. The third kappa shape index (κ3) is 3.15. The van der Waals surface area contributed by atoms with E-state index in [1.54, 1.807) is 4.90 Å². The Hall–Kier alpha value is -1.36. The van der Waals surface area contributed by atoms with Crippen molar-refractivity contribution in [3.05, 3.63) is 33.8 Å². The van der Waals surface area contributed by atoms with Gasteiger partial charge in [-0.15, -0.1) is 0 Å². The highest BCUT2D eigenvalue weighted by atomic mass is 79.9. The summed E-state index contributed by atoms with van der Waals surface area (Å²) < 4.78 is 0.916. The minimum Gasteiger partial charge on any atom is -0.481 e. The fourth-order valence-corrected chi connectivity index (χ4v) is 2.62. The van der Waals surface area contributed by atoms with Crippen molar-refractivity contribution in [2.24, 2.45) is 5.92 Å². The van der Waals surface area contributed by atoms with Gasteiger partial charge in [0, 0.05) is 23.1 Å². The molecule has 19 heavy (non-hydrogen) atoms. The summed E-state index contributed by atoms with van der Waals surface area (Å²) in [5, 5.41) is 8.94. The number of aryl methyl sites for hydroxylation is 1. The molecule has 1 fully saturated rings. The number of likely N-dealkylation sites (tertiary alicyclic amines) is 1. The number of amides is 1. The Labute approximate surface area is 120 Å². The standard InChI is InChI=1S/C14H16BrNO3/c1-9-2-3-11(8-12(9)15)13(17)16-6-4-10(5-7-16)14(18)19/h2-3,8,10H,4-7H2,1H3,(H,18,19). The van der Waals surface area contributed by atoms with Gasteiger partial charge in [-0.2, -0.15) is 0 Å². The van der Waals surface area contributed by atoms with E-state index in [4.69, 9.17) is 5.11 Å². The summed E-state index contributed by atoms with van der Waals surface area (Å²) in [7, 11) is 0. The van der Waals surface area contributed by atoms with Gasteiger partial charge in [-0.05, 0) is 37.5 Å². The molecule has 1 aliphatic heterocycles. The molecule has 2 rings (SSSR count). The number of carboxylic acid groups (broad SMARTS) is 1. The largest absolute Gasteiger partial charge is 0.481 e. The molecule has 1 aromatic carbocycles. The molecule has 1 heterocycles. The number of carbonyl (C=O) groups excluding carboxylic acids is 1. The van der Waals surface area contributed by atoms with Crippen LogP contribution in [0.25, 0.3) is 0 Å². The lowest BCUT2D eigenvalue weighted by atomic mass is 9.96. The van der Waals surface area contributed by atoms with Crippen molar-refractivity contribution >= 4 is 27.8 Å². The molecule has 0 spiro atoms. The van der Waals surface area contributed by atoms with E-state index in [0.717, 1.165) is 10.0 Å². The van der Waals surface area contributed by atoms with Gasteiger partial charge in [0.25, 0.3) is 5.91 Å². The molecule has 0 aromatic heterocycles. The summed E-state index contributed by atoms with van der Waals surface area (Å²) in [4.78, 5) is 24.9. The zero-order valence-corrected chi connectivity index (χ0v) is 12.3. The van der Waals surface area contributed by atoms with Gasteiger partial charge in [0.15, 0.2) is 0 Å². The predicted octanol–water partition coefficient (Wildman–Crippen LogP) is 2.69. The first-order valence-corrected chi connectivity index (χ1v) is 7.06. The monoisotopic (exact) mass is 325 g/mol. The number of carbonyl (C=O) groups is 2. The van der Waals surface area contributed by atoms with Gasteiger partial charge in [0.05, 0.1) is 5.92 Å². The number of hydrogen-bond acceptors (Lipinski definition) is 2. The number of rotatable bonds is 2. The first-order chi connectivity index (χ1) is 8.99. The van der Waals surface area contributed by atoms with E-state index in [9.17, 15) is 9.59 Å². The average Bonchev–Trinajstić information content (AvgIpc) is 2.41. The highest BCUT2D eigenvalue weighted by Crippen LogP contribution is 2.22. The second-order valence-corrected chi connectivity index (χ2v) is 5.72. The second kappa shape index (κ2) is 5.74. The van der Waals surface area contributed by atoms with Crippen LogP contribution in [0.2, 0.25) is 0 Å². The highest BCUT2D eigenvalue weighted by Gasteiger charge is 2.27. The summed E-state index contributed by atoms with van der Waals surface area (Å²) in [6.45, 7) is 3.00. The van der Waals surface area contributed by atoms with Crippen LogP contribution in [-0.4, -0.2) is 35.0 Å². The number of carboxylic acids is 1. The van der Waals surface area contributed by atoms with E-state index >= 15 is 0 Å². The molecule has 102 valence electrons. The van der Waals surface area contributed by atoms with E-state index in [0.29, 0.717) is 31.5 Å². The number of nitrogens with zero attached hydrogens (tertiary/aromatic N) is 1. The molecule has 0 aliphatic carbocycles. The fraction of sp³-hybridized carbons (Fsp3) is 0.429. The van der Waals surface area contributed by atoms with Crippen LogP contribution in [0.4, 0.5) is 0 Å². The Balaban J connectivity index is 2.05. The first kappa shape index (κ1) is 14.1. The van der Waals surface area contributed by atoms with Gasteiger partial charge >= 0.3 is 5.97 Å². The molecule has 1 N–H and O–H groups in total. The Morgan fingerprint density at radius 3 is 2.47 bits per heavy atom. The van der Waals surface area contributed by atoms with Gasteiger partial charge < -0.3 is 10.0 Å². The minimum atomic E-state index is -0.759. The van der Waals surface area contributed by atoms with Crippen molar-refractivity contribution in [2.45, 2.75) is 19.8 Å². The van der Waals surface area contributed by atoms with Gasteiger partial charge in [0.1, 0.15) is 0 Å². The van der Waals surface area contributed by atoms with Crippen molar-refractivity contribution in [2.75, 3.05) is 13.1 Å². The SMILES string of the molecule is Cc1ccc(C(=O)N2CCC(C(=O)O)CC2)cc1Br. The van der Waals surface area contributed by atoms with Crippen molar-refractivity contribution < 1.29 is 14.7 Å². The van der Waals surface area contributed by atoms with Gasteiger partial charge in [-0.25, -0.2) is 0 Å². The predicted molar refractivity (Wildman–Crippen MR) is 75.1 cm³/mol. The second-order valence-electron chi connectivity index (χ2n) is 4.87. The molecule has 1 aliphatic rings. The molecule has 1 saturated heterocycles. The van der Waals surface area contributed by atoms with Gasteiger partial charge in [0.2, 0.25) is 0 Å².